The van der Waals surface area contributed by atoms with Gasteiger partial charge in [-0.3, -0.25) is 9.59 Å². The number of likely N-dealkylation sites (tertiary alicyclic amines) is 1. The van der Waals surface area contributed by atoms with E-state index in [9.17, 15) is 9.59 Å². The smallest absolute Gasteiger partial charge is 0.279 e. The number of unbranched alkanes of at least 4 members (excludes halogenated alkanes) is 2. The van der Waals surface area contributed by atoms with E-state index in [1.165, 1.54) is 24.8 Å². The van der Waals surface area contributed by atoms with Crippen molar-refractivity contribution in [1.82, 2.24) is 10.2 Å². The van der Waals surface area contributed by atoms with Crippen LogP contribution in [0.25, 0.3) is 0 Å². The Bertz CT molecular complexity index is 714. The van der Waals surface area contributed by atoms with Crippen molar-refractivity contribution in [2.24, 2.45) is 0 Å². The first kappa shape index (κ1) is 23.1. The molecule has 30 heavy (non-hydrogen) atoms. The number of benzene rings is 1. The van der Waals surface area contributed by atoms with Crippen LogP contribution in [0.5, 0.6) is 0 Å². The van der Waals surface area contributed by atoms with Crippen molar-refractivity contribution in [1.29, 1.82) is 0 Å². The first-order valence-electron chi connectivity index (χ1n) is 11.6. The molecule has 2 heterocycles. The van der Waals surface area contributed by atoms with E-state index in [4.69, 9.17) is 0 Å². The topological polar surface area (TPSA) is 66.0 Å². The second-order valence-corrected chi connectivity index (χ2v) is 10.3. The van der Waals surface area contributed by atoms with Crippen LogP contribution in [0.2, 0.25) is 0 Å². The number of carbonyl (C=O) groups is 2. The zero-order valence-corrected chi connectivity index (χ0v) is 19.6. The molecule has 2 aliphatic rings. The van der Waals surface area contributed by atoms with Gasteiger partial charge < -0.3 is 15.5 Å². The molecule has 1 aromatic rings. The van der Waals surface area contributed by atoms with Gasteiger partial charge in [-0.05, 0) is 43.9 Å². The van der Waals surface area contributed by atoms with Crippen molar-refractivity contribution in [3.63, 3.8) is 0 Å². The van der Waals surface area contributed by atoms with E-state index < -0.39 is 0 Å². The van der Waals surface area contributed by atoms with Crippen LogP contribution in [0.15, 0.2) is 24.3 Å². The van der Waals surface area contributed by atoms with E-state index in [-0.39, 0.29) is 28.8 Å². The Morgan fingerprint density at radius 1 is 1.20 bits per heavy atom. The fraction of sp³-hybridized carbons (Fsp3) is 0.667. The molecule has 1 aromatic carbocycles. The number of thioether (sulfide) groups is 1. The van der Waals surface area contributed by atoms with Crippen molar-refractivity contribution >= 4 is 23.6 Å². The summed E-state index contributed by atoms with van der Waals surface area (Å²) in [4.78, 5) is 27.5. The Morgan fingerprint density at radius 2 is 1.90 bits per heavy atom. The number of carbonyl (C=O) groups excluding carboxylic acids is 2. The van der Waals surface area contributed by atoms with Gasteiger partial charge in [-0.2, -0.15) is 0 Å². The summed E-state index contributed by atoms with van der Waals surface area (Å²) in [6, 6.07) is 8.40. The van der Waals surface area contributed by atoms with Crippen molar-refractivity contribution in [3.05, 3.63) is 35.4 Å². The number of nitrogens with two attached hydrogens (primary N) is 1. The van der Waals surface area contributed by atoms with Gasteiger partial charge in [0.2, 0.25) is 0 Å². The number of amides is 2. The Kier molecular flexibility index (Phi) is 8.23. The normalized spacial score (nSPS) is 21.6. The van der Waals surface area contributed by atoms with Gasteiger partial charge in [0.05, 0.1) is 5.75 Å². The van der Waals surface area contributed by atoms with Crippen LogP contribution in [-0.4, -0.2) is 52.5 Å². The summed E-state index contributed by atoms with van der Waals surface area (Å²) in [5.74, 6) is 1.15. The van der Waals surface area contributed by atoms with E-state index >= 15 is 0 Å². The lowest BCUT2D eigenvalue weighted by Crippen LogP contribution is -3.00. The maximum atomic E-state index is 12.9. The number of hydrogen-bond acceptors (Lipinski definition) is 3. The van der Waals surface area contributed by atoms with Crippen LogP contribution in [0, 0.1) is 0 Å². The first-order valence-corrected chi connectivity index (χ1v) is 12.6. The number of piperidine rings is 1. The van der Waals surface area contributed by atoms with Gasteiger partial charge in [-0.15, -0.1) is 0 Å². The SMILES string of the molecule is CCCCCc1ccc(C(=O)N2CCC3(CC2)[NH2+][C@@H](C(=O)N[C@@H](C)CC)CS3)cc1. The molecule has 0 unspecified atom stereocenters. The van der Waals surface area contributed by atoms with Crippen LogP contribution in [0.1, 0.15) is 75.2 Å². The summed E-state index contributed by atoms with van der Waals surface area (Å²) in [6.07, 6.45) is 7.61. The molecule has 5 nitrogen and oxygen atoms in total. The first-order chi connectivity index (χ1) is 14.5. The second-order valence-electron chi connectivity index (χ2n) is 8.91. The zero-order chi connectivity index (χ0) is 21.6. The van der Waals surface area contributed by atoms with Crippen LogP contribution in [-0.2, 0) is 11.2 Å². The minimum absolute atomic E-state index is 0.00787. The largest absolute Gasteiger partial charge is 0.348 e. The molecular weight excluding hydrogens is 394 g/mol. The monoisotopic (exact) mass is 432 g/mol. The highest BCUT2D eigenvalue weighted by molar-refractivity contribution is 8.00. The predicted molar refractivity (Wildman–Crippen MR) is 124 cm³/mol. The molecule has 0 aliphatic carbocycles. The summed E-state index contributed by atoms with van der Waals surface area (Å²) in [5, 5.41) is 5.38. The minimum atomic E-state index is -0.00787. The Balaban J connectivity index is 1.49. The van der Waals surface area contributed by atoms with Gasteiger partial charge in [0.1, 0.15) is 4.87 Å². The summed E-state index contributed by atoms with van der Waals surface area (Å²) in [6.45, 7) is 7.89. The lowest BCUT2D eigenvalue weighted by molar-refractivity contribution is -0.714. The second kappa shape index (κ2) is 10.7. The molecule has 6 heteroatoms. The molecule has 0 bridgehead atoms. The summed E-state index contributed by atoms with van der Waals surface area (Å²) < 4.78 is 0. The fourth-order valence-corrected chi connectivity index (χ4v) is 5.79. The number of quaternary nitrogens is 1. The number of nitrogens with one attached hydrogen (secondary N) is 1. The fourth-order valence-electron chi connectivity index (χ4n) is 4.30. The average Bonchev–Trinajstić information content (AvgIpc) is 3.18. The predicted octanol–water partition coefficient (Wildman–Crippen LogP) is 2.95. The van der Waals surface area contributed by atoms with E-state index in [1.807, 2.05) is 28.8 Å². The lowest BCUT2D eigenvalue weighted by atomic mass is 10.0. The van der Waals surface area contributed by atoms with Crippen LogP contribution >= 0.6 is 11.8 Å². The quantitative estimate of drug-likeness (QED) is 0.621. The standard InChI is InChI=1S/C24H37N3O2S/c1-4-6-7-8-19-9-11-20(12-10-19)23(29)27-15-13-24(14-16-27)26-21(17-30-24)22(28)25-18(3)5-2/h9-12,18,21,26H,4-8,13-17H2,1-3H3,(H,25,28)/p+1/t18-,21+/m0/s1. The van der Waals surface area contributed by atoms with Crippen LogP contribution in [0.3, 0.4) is 0 Å². The zero-order valence-electron chi connectivity index (χ0n) is 18.8. The van der Waals surface area contributed by atoms with Crippen LogP contribution in [0.4, 0.5) is 0 Å². The molecule has 2 saturated heterocycles. The lowest BCUT2D eigenvalue weighted by Gasteiger charge is -2.36. The molecule has 3 N–H and O–H groups in total. The Hall–Kier alpha value is -1.53. The third kappa shape index (κ3) is 5.79. The molecule has 2 atom stereocenters. The molecule has 3 rings (SSSR count). The van der Waals surface area contributed by atoms with Crippen molar-refractivity contribution in [3.8, 4) is 0 Å². The van der Waals surface area contributed by atoms with Gasteiger partial charge in [0, 0.05) is 37.5 Å². The highest BCUT2D eigenvalue weighted by atomic mass is 32.2. The van der Waals surface area contributed by atoms with Gasteiger partial charge in [-0.25, -0.2) is 0 Å². The van der Waals surface area contributed by atoms with E-state index in [1.54, 1.807) is 0 Å². The third-order valence-electron chi connectivity index (χ3n) is 6.56. The highest BCUT2D eigenvalue weighted by Gasteiger charge is 2.48. The van der Waals surface area contributed by atoms with Gasteiger partial charge in [0.25, 0.3) is 11.8 Å². The van der Waals surface area contributed by atoms with Gasteiger partial charge >= 0.3 is 0 Å². The molecule has 1 spiro atoms. The van der Waals surface area contributed by atoms with E-state index in [0.717, 1.165) is 50.1 Å². The Labute approximate surface area is 185 Å². The van der Waals surface area contributed by atoms with Crippen molar-refractivity contribution in [2.75, 3.05) is 18.8 Å². The van der Waals surface area contributed by atoms with Crippen molar-refractivity contribution < 1.29 is 14.9 Å². The Morgan fingerprint density at radius 3 is 2.53 bits per heavy atom. The molecular formula is C24H38N3O2S+. The minimum Gasteiger partial charge on any atom is -0.348 e. The summed E-state index contributed by atoms with van der Waals surface area (Å²) in [5.41, 5.74) is 2.11. The van der Waals surface area contributed by atoms with Gasteiger partial charge in [-0.1, -0.05) is 50.6 Å². The molecule has 2 fully saturated rings. The average molecular weight is 433 g/mol. The van der Waals surface area contributed by atoms with E-state index in [0.29, 0.717) is 0 Å². The summed E-state index contributed by atoms with van der Waals surface area (Å²) in [7, 11) is 0. The maximum absolute atomic E-state index is 12.9. The van der Waals surface area contributed by atoms with Crippen LogP contribution < -0.4 is 10.6 Å². The number of nitrogens with zero attached hydrogens (tertiary/aromatic N) is 1. The van der Waals surface area contributed by atoms with Gasteiger partial charge in [0.15, 0.2) is 6.04 Å². The molecule has 166 valence electrons. The highest BCUT2D eigenvalue weighted by Crippen LogP contribution is 2.34. The number of hydrogen-bond donors (Lipinski definition) is 2. The van der Waals surface area contributed by atoms with E-state index in [2.05, 4.69) is 43.5 Å². The summed E-state index contributed by atoms with van der Waals surface area (Å²) >= 11 is 1.90. The molecule has 0 radical (unpaired) electrons. The molecule has 0 saturated carbocycles. The maximum Gasteiger partial charge on any atom is 0.279 e. The molecule has 2 amide bonds. The molecule has 2 aliphatic heterocycles. The number of aryl methyl sites for hydroxylation is 1. The van der Waals surface area contributed by atoms with Crippen molar-refractivity contribution in [2.45, 2.75) is 82.7 Å². The molecule has 0 aromatic heterocycles. The third-order valence-corrected chi connectivity index (χ3v) is 8.21. The number of rotatable bonds is 8.